The number of nitrogens with zero attached hydrogens (tertiary/aromatic N) is 3. The third-order valence-electron chi connectivity index (χ3n) is 2.54. The molecule has 0 spiro atoms. The van der Waals surface area contributed by atoms with Crippen LogP contribution in [-0.4, -0.2) is 35.3 Å². The monoisotopic (exact) mass is 293 g/mol. The topological polar surface area (TPSA) is 21.1 Å². The van der Waals surface area contributed by atoms with Crippen molar-refractivity contribution < 1.29 is 0 Å². The SMILES string of the molecule is CN(C)CCn1ccc(-c2cccc(Br)c2)n1. The van der Waals surface area contributed by atoms with E-state index in [1.165, 1.54) is 0 Å². The van der Waals surface area contributed by atoms with Crippen molar-refractivity contribution in [1.29, 1.82) is 0 Å². The summed E-state index contributed by atoms with van der Waals surface area (Å²) in [5.41, 5.74) is 2.16. The summed E-state index contributed by atoms with van der Waals surface area (Å²) in [6.45, 7) is 1.92. The largest absolute Gasteiger partial charge is 0.308 e. The molecule has 1 aromatic carbocycles. The van der Waals surface area contributed by atoms with Crippen molar-refractivity contribution in [2.45, 2.75) is 6.54 Å². The van der Waals surface area contributed by atoms with Gasteiger partial charge < -0.3 is 4.90 Å². The smallest absolute Gasteiger partial charge is 0.0923 e. The van der Waals surface area contributed by atoms with E-state index in [2.05, 4.69) is 58.2 Å². The lowest BCUT2D eigenvalue weighted by molar-refractivity contribution is 0.373. The summed E-state index contributed by atoms with van der Waals surface area (Å²) in [6.07, 6.45) is 2.03. The van der Waals surface area contributed by atoms with Gasteiger partial charge in [-0.15, -0.1) is 0 Å². The molecule has 90 valence electrons. The molecule has 0 amide bonds. The molecule has 0 saturated heterocycles. The van der Waals surface area contributed by atoms with E-state index in [1.54, 1.807) is 0 Å². The Morgan fingerprint density at radius 3 is 2.82 bits per heavy atom. The summed E-state index contributed by atoms with van der Waals surface area (Å²) in [6, 6.07) is 10.3. The van der Waals surface area contributed by atoms with E-state index in [0.717, 1.165) is 28.8 Å². The van der Waals surface area contributed by atoms with E-state index >= 15 is 0 Å². The Balaban J connectivity index is 2.12. The van der Waals surface area contributed by atoms with Crippen molar-refractivity contribution in [2.24, 2.45) is 0 Å². The Kier molecular flexibility index (Phi) is 3.97. The van der Waals surface area contributed by atoms with Crippen LogP contribution in [0.1, 0.15) is 0 Å². The van der Waals surface area contributed by atoms with Crippen LogP contribution in [0.25, 0.3) is 11.3 Å². The molecular weight excluding hydrogens is 278 g/mol. The molecule has 0 unspecified atom stereocenters. The number of likely N-dealkylation sites (N-methyl/N-ethyl adjacent to an activating group) is 1. The molecule has 1 heterocycles. The summed E-state index contributed by atoms with van der Waals surface area (Å²) in [7, 11) is 4.14. The van der Waals surface area contributed by atoms with Crippen LogP contribution in [0.3, 0.4) is 0 Å². The zero-order valence-corrected chi connectivity index (χ0v) is 11.7. The molecule has 2 aromatic rings. The van der Waals surface area contributed by atoms with Crippen molar-refractivity contribution in [3.8, 4) is 11.3 Å². The first kappa shape index (κ1) is 12.3. The molecule has 0 N–H and O–H groups in total. The Morgan fingerprint density at radius 2 is 2.12 bits per heavy atom. The van der Waals surface area contributed by atoms with E-state index < -0.39 is 0 Å². The quantitative estimate of drug-likeness (QED) is 0.864. The first-order valence-electron chi connectivity index (χ1n) is 5.59. The number of hydrogen-bond acceptors (Lipinski definition) is 2. The second kappa shape index (κ2) is 5.47. The van der Waals surface area contributed by atoms with Crippen molar-refractivity contribution in [2.75, 3.05) is 20.6 Å². The van der Waals surface area contributed by atoms with Gasteiger partial charge in [0.2, 0.25) is 0 Å². The second-order valence-corrected chi connectivity index (χ2v) is 5.19. The maximum absolute atomic E-state index is 4.56. The van der Waals surface area contributed by atoms with Crippen LogP contribution in [0.4, 0.5) is 0 Å². The van der Waals surface area contributed by atoms with Crippen LogP contribution in [0.2, 0.25) is 0 Å². The van der Waals surface area contributed by atoms with Gasteiger partial charge in [0.1, 0.15) is 0 Å². The van der Waals surface area contributed by atoms with E-state index in [-0.39, 0.29) is 0 Å². The standard InChI is InChI=1S/C13H16BrN3/c1-16(2)8-9-17-7-6-13(15-17)11-4-3-5-12(14)10-11/h3-7,10H,8-9H2,1-2H3. The Bertz CT molecular complexity index is 491. The van der Waals surface area contributed by atoms with Crippen LogP contribution < -0.4 is 0 Å². The highest BCUT2D eigenvalue weighted by atomic mass is 79.9. The van der Waals surface area contributed by atoms with Crippen LogP contribution >= 0.6 is 15.9 Å². The number of hydrogen-bond donors (Lipinski definition) is 0. The van der Waals surface area contributed by atoms with Crippen molar-refractivity contribution in [3.63, 3.8) is 0 Å². The number of rotatable bonds is 4. The van der Waals surface area contributed by atoms with Crippen molar-refractivity contribution >= 4 is 15.9 Å². The van der Waals surface area contributed by atoms with E-state index in [1.807, 2.05) is 23.0 Å². The highest BCUT2D eigenvalue weighted by molar-refractivity contribution is 9.10. The summed E-state index contributed by atoms with van der Waals surface area (Å²) in [4.78, 5) is 2.15. The van der Waals surface area contributed by atoms with E-state index in [4.69, 9.17) is 0 Å². The molecule has 0 radical (unpaired) electrons. The molecule has 4 heteroatoms. The number of halogens is 1. The van der Waals surface area contributed by atoms with E-state index in [9.17, 15) is 0 Å². The second-order valence-electron chi connectivity index (χ2n) is 4.28. The van der Waals surface area contributed by atoms with E-state index in [0.29, 0.717) is 0 Å². The highest BCUT2D eigenvalue weighted by Gasteiger charge is 2.02. The van der Waals surface area contributed by atoms with Gasteiger partial charge in [-0.2, -0.15) is 5.10 Å². The Hall–Kier alpha value is -1.13. The van der Waals surface area contributed by atoms with Crippen LogP contribution in [0.5, 0.6) is 0 Å². The average molecular weight is 294 g/mol. The minimum Gasteiger partial charge on any atom is -0.308 e. The minimum absolute atomic E-state index is 0.918. The molecule has 3 nitrogen and oxygen atoms in total. The molecule has 0 atom stereocenters. The summed E-state index contributed by atoms with van der Waals surface area (Å²) >= 11 is 3.47. The molecule has 0 fully saturated rings. The van der Waals surface area contributed by atoms with Gasteiger partial charge in [0, 0.05) is 22.8 Å². The molecule has 0 bridgehead atoms. The summed E-state index contributed by atoms with van der Waals surface area (Å²) in [5, 5.41) is 4.56. The molecule has 17 heavy (non-hydrogen) atoms. The van der Waals surface area contributed by atoms with Gasteiger partial charge >= 0.3 is 0 Å². The fourth-order valence-electron chi connectivity index (χ4n) is 1.59. The predicted octanol–water partition coefficient (Wildman–Crippen LogP) is 2.87. The fraction of sp³-hybridized carbons (Fsp3) is 0.308. The van der Waals surface area contributed by atoms with Gasteiger partial charge in [0.15, 0.2) is 0 Å². The molecule has 0 aliphatic carbocycles. The zero-order chi connectivity index (χ0) is 12.3. The van der Waals surface area contributed by atoms with Crippen molar-refractivity contribution in [3.05, 3.63) is 41.0 Å². The maximum Gasteiger partial charge on any atom is 0.0923 e. The first-order valence-corrected chi connectivity index (χ1v) is 6.38. The van der Waals surface area contributed by atoms with Gasteiger partial charge in [-0.25, -0.2) is 0 Å². The average Bonchev–Trinajstić information content (AvgIpc) is 2.75. The molecule has 2 rings (SSSR count). The van der Waals surface area contributed by atoms with Crippen LogP contribution in [-0.2, 0) is 6.54 Å². The van der Waals surface area contributed by atoms with Crippen molar-refractivity contribution in [1.82, 2.24) is 14.7 Å². The third-order valence-corrected chi connectivity index (χ3v) is 3.03. The lowest BCUT2D eigenvalue weighted by Crippen LogP contribution is -2.18. The van der Waals surface area contributed by atoms with Gasteiger partial charge in [-0.1, -0.05) is 28.1 Å². The summed E-state index contributed by atoms with van der Waals surface area (Å²) < 4.78 is 3.06. The van der Waals surface area contributed by atoms with Gasteiger partial charge in [-0.05, 0) is 32.3 Å². The zero-order valence-electron chi connectivity index (χ0n) is 10.1. The lowest BCUT2D eigenvalue weighted by Gasteiger charge is -2.08. The maximum atomic E-state index is 4.56. The molecule has 0 aliphatic heterocycles. The van der Waals surface area contributed by atoms with Crippen LogP contribution in [0, 0.1) is 0 Å². The molecule has 0 aliphatic rings. The first-order chi connectivity index (χ1) is 8.15. The van der Waals surface area contributed by atoms with Crippen LogP contribution in [0.15, 0.2) is 41.0 Å². The molecule has 1 aromatic heterocycles. The van der Waals surface area contributed by atoms with Gasteiger partial charge in [0.25, 0.3) is 0 Å². The predicted molar refractivity (Wildman–Crippen MR) is 73.9 cm³/mol. The fourth-order valence-corrected chi connectivity index (χ4v) is 1.99. The summed E-state index contributed by atoms with van der Waals surface area (Å²) in [5.74, 6) is 0. The van der Waals surface area contributed by atoms with Gasteiger partial charge in [0.05, 0.1) is 12.2 Å². The third kappa shape index (κ3) is 3.41. The normalized spacial score (nSPS) is 11.1. The number of aromatic nitrogens is 2. The Morgan fingerprint density at radius 1 is 1.29 bits per heavy atom. The molecular formula is C13H16BrN3. The van der Waals surface area contributed by atoms with Gasteiger partial charge in [-0.3, -0.25) is 4.68 Å². The molecule has 0 saturated carbocycles. The Labute approximate surface area is 110 Å². The lowest BCUT2D eigenvalue weighted by atomic mass is 10.2. The highest BCUT2D eigenvalue weighted by Crippen LogP contribution is 2.20. The number of benzene rings is 1. The minimum atomic E-state index is 0.918.